The Balaban J connectivity index is 3.95. The summed E-state index contributed by atoms with van der Waals surface area (Å²) in [5, 5.41) is 8.74. The minimum absolute atomic E-state index is 0.272. The third-order valence-electron chi connectivity index (χ3n) is 2.29. The molecule has 0 bridgehead atoms. The molecule has 0 amide bonds. The SMILES string of the molecule is CC=CC=CC=CCC(CCC)CC(=O)O. The van der Waals surface area contributed by atoms with E-state index in [0.29, 0.717) is 0 Å². The summed E-state index contributed by atoms with van der Waals surface area (Å²) in [5.74, 6) is -0.426. The molecule has 90 valence electrons. The number of carbonyl (C=O) groups is 1. The minimum Gasteiger partial charge on any atom is -0.481 e. The van der Waals surface area contributed by atoms with Gasteiger partial charge in [-0.25, -0.2) is 0 Å². The second kappa shape index (κ2) is 10.2. The van der Waals surface area contributed by atoms with Crippen molar-refractivity contribution < 1.29 is 9.90 Å². The molecular weight excluding hydrogens is 200 g/mol. The molecule has 0 fully saturated rings. The van der Waals surface area contributed by atoms with Gasteiger partial charge >= 0.3 is 5.97 Å². The zero-order valence-corrected chi connectivity index (χ0v) is 10.2. The van der Waals surface area contributed by atoms with Crippen LogP contribution in [0, 0.1) is 5.92 Å². The highest BCUT2D eigenvalue weighted by molar-refractivity contribution is 5.67. The molecule has 0 saturated heterocycles. The van der Waals surface area contributed by atoms with Crippen LogP contribution in [-0.2, 0) is 4.79 Å². The van der Waals surface area contributed by atoms with Crippen LogP contribution in [0.3, 0.4) is 0 Å². The third-order valence-corrected chi connectivity index (χ3v) is 2.29. The summed E-state index contributed by atoms with van der Waals surface area (Å²) >= 11 is 0. The molecule has 0 heterocycles. The lowest BCUT2D eigenvalue weighted by atomic mass is 9.96. The Kier molecular flexibility index (Phi) is 9.38. The van der Waals surface area contributed by atoms with Gasteiger partial charge in [-0.1, -0.05) is 49.8 Å². The fraction of sp³-hybridized carbons (Fsp3) is 0.500. The van der Waals surface area contributed by atoms with Gasteiger partial charge in [-0.15, -0.1) is 0 Å². The highest BCUT2D eigenvalue weighted by Crippen LogP contribution is 2.16. The van der Waals surface area contributed by atoms with E-state index < -0.39 is 5.97 Å². The van der Waals surface area contributed by atoms with E-state index in [1.807, 2.05) is 43.4 Å². The van der Waals surface area contributed by atoms with Gasteiger partial charge in [-0.3, -0.25) is 4.79 Å². The summed E-state index contributed by atoms with van der Waals surface area (Å²) in [5.41, 5.74) is 0. The van der Waals surface area contributed by atoms with Crippen molar-refractivity contribution in [2.45, 2.75) is 39.5 Å². The fourth-order valence-corrected chi connectivity index (χ4v) is 1.55. The molecular formula is C14H22O2. The Morgan fingerprint density at radius 1 is 1.25 bits per heavy atom. The zero-order chi connectivity index (χ0) is 12.2. The first-order chi connectivity index (χ1) is 7.70. The van der Waals surface area contributed by atoms with Crippen LogP contribution in [0.4, 0.5) is 0 Å². The predicted molar refractivity (Wildman–Crippen MR) is 68.4 cm³/mol. The average molecular weight is 222 g/mol. The van der Waals surface area contributed by atoms with Crippen molar-refractivity contribution in [2.24, 2.45) is 5.92 Å². The van der Waals surface area contributed by atoms with E-state index >= 15 is 0 Å². The molecule has 2 heteroatoms. The van der Waals surface area contributed by atoms with E-state index in [2.05, 4.69) is 6.92 Å². The Morgan fingerprint density at radius 2 is 1.94 bits per heavy atom. The van der Waals surface area contributed by atoms with Crippen molar-refractivity contribution in [3.63, 3.8) is 0 Å². The molecule has 0 aliphatic rings. The van der Waals surface area contributed by atoms with Gasteiger partial charge in [-0.05, 0) is 25.7 Å². The van der Waals surface area contributed by atoms with Crippen LogP contribution < -0.4 is 0 Å². The van der Waals surface area contributed by atoms with Crippen LogP contribution in [-0.4, -0.2) is 11.1 Å². The number of hydrogen-bond acceptors (Lipinski definition) is 1. The standard InChI is InChI=1S/C14H22O2/c1-3-5-6-7-8-9-11-13(10-4-2)12-14(15)16/h3,5-9,13H,4,10-12H2,1-2H3,(H,15,16). The molecule has 0 aromatic heterocycles. The Bertz CT molecular complexity index is 262. The Labute approximate surface area is 98.4 Å². The number of carboxylic acids is 1. The molecule has 0 aromatic rings. The molecule has 0 aliphatic heterocycles. The summed E-state index contributed by atoms with van der Waals surface area (Å²) in [6.45, 7) is 4.06. The van der Waals surface area contributed by atoms with E-state index in [1.54, 1.807) is 0 Å². The number of carboxylic acid groups (broad SMARTS) is 1. The van der Waals surface area contributed by atoms with Crippen molar-refractivity contribution in [2.75, 3.05) is 0 Å². The Morgan fingerprint density at radius 3 is 2.50 bits per heavy atom. The van der Waals surface area contributed by atoms with E-state index in [0.717, 1.165) is 19.3 Å². The molecule has 0 aromatic carbocycles. The van der Waals surface area contributed by atoms with Crippen LogP contribution in [0.5, 0.6) is 0 Å². The molecule has 0 aliphatic carbocycles. The molecule has 0 saturated carbocycles. The van der Waals surface area contributed by atoms with Crippen molar-refractivity contribution in [3.05, 3.63) is 36.5 Å². The average Bonchev–Trinajstić information content (AvgIpc) is 2.22. The molecule has 0 rings (SSSR count). The molecule has 0 spiro atoms. The predicted octanol–water partition coefficient (Wildman–Crippen LogP) is 3.96. The van der Waals surface area contributed by atoms with Crippen molar-refractivity contribution >= 4 is 5.97 Å². The second-order valence-corrected chi connectivity index (χ2v) is 3.83. The van der Waals surface area contributed by atoms with Gasteiger partial charge in [0, 0.05) is 6.42 Å². The van der Waals surface area contributed by atoms with Crippen LogP contribution in [0.25, 0.3) is 0 Å². The van der Waals surface area contributed by atoms with Crippen LogP contribution in [0.15, 0.2) is 36.5 Å². The number of allylic oxidation sites excluding steroid dienone is 6. The third kappa shape index (κ3) is 9.25. The maximum Gasteiger partial charge on any atom is 0.303 e. The smallest absolute Gasteiger partial charge is 0.303 e. The second-order valence-electron chi connectivity index (χ2n) is 3.83. The normalized spacial score (nSPS) is 14.1. The monoisotopic (exact) mass is 222 g/mol. The minimum atomic E-state index is -0.698. The summed E-state index contributed by atoms with van der Waals surface area (Å²) < 4.78 is 0. The van der Waals surface area contributed by atoms with Crippen LogP contribution >= 0.6 is 0 Å². The number of rotatable bonds is 8. The van der Waals surface area contributed by atoms with Gasteiger partial charge in [0.1, 0.15) is 0 Å². The molecule has 1 atom stereocenters. The quantitative estimate of drug-likeness (QED) is 0.631. The van der Waals surface area contributed by atoms with E-state index in [9.17, 15) is 4.79 Å². The van der Waals surface area contributed by atoms with Crippen molar-refractivity contribution in [1.29, 1.82) is 0 Å². The number of aliphatic carboxylic acids is 1. The fourth-order valence-electron chi connectivity index (χ4n) is 1.55. The maximum absolute atomic E-state index is 10.6. The summed E-state index contributed by atoms with van der Waals surface area (Å²) in [4.78, 5) is 10.6. The van der Waals surface area contributed by atoms with Gasteiger partial charge in [0.15, 0.2) is 0 Å². The van der Waals surface area contributed by atoms with Gasteiger partial charge in [0.05, 0.1) is 0 Å². The first-order valence-electron chi connectivity index (χ1n) is 5.87. The summed E-state index contributed by atoms with van der Waals surface area (Å²) in [6, 6.07) is 0. The van der Waals surface area contributed by atoms with Crippen LogP contribution in [0.2, 0.25) is 0 Å². The number of hydrogen-bond donors (Lipinski definition) is 1. The molecule has 0 radical (unpaired) electrons. The molecule has 1 N–H and O–H groups in total. The lowest BCUT2D eigenvalue weighted by Crippen LogP contribution is -2.06. The van der Waals surface area contributed by atoms with Gasteiger partial charge in [-0.2, -0.15) is 0 Å². The van der Waals surface area contributed by atoms with E-state index in [-0.39, 0.29) is 12.3 Å². The van der Waals surface area contributed by atoms with Gasteiger partial charge in [0.25, 0.3) is 0 Å². The summed E-state index contributed by atoms with van der Waals surface area (Å²) in [6.07, 6.45) is 15.0. The van der Waals surface area contributed by atoms with Crippen molar-refractivity contribution in [1.82, 2.24) is 0 Å². The summed E-state index contributed by atoms with van der Waals surface area (Å²) in [7, 11) is 0. The first kappa shape index (κ1) is 14.7. The molecule has 1 unspecified atom stereocenters. The highest BCUT2D eigenvalue weighted by Gasteiger charge is 2.09. The molecule has 2 nitrogen and oxygen atoms in total. The zero-order valence-electron chi connectivity index (χ0n) is 10.2. The lowest BCUT2D eigenvalue weighted by Gasteiger charge is -2.10. The lowest BCUT2D eigenvalue weighted by molar-refractivity contribution is -0.138. The van der Waals surface area contributed by atoms with E-state index in [4.69, 9.17) is 5.11 Å². The van der Waals surface area contributed by atoms with Gasteiger partial charge < -0.3 is 5.11 Å². The Hall–Kier alpha value is -1.31. The van der Waals surface area contributed by atoms with Crippen molar-refractivity contribution in [3.8, 4) is 0 Å². The first-order valence-corrected chi connectivity index (χ1v) is 5.87. The van der Waals surface area contributed by atoms with Gasteiger partial charge in [0.2, 0.25) is 0 Å². The highest BCUT2D eigenvalue weighted by atomic mass is 16.4. The largest absolute Gasteiger partial charge is 0.481 e. The van der Waals surface area contributed by atoms with E-state index in [1.165, 1.54) is 0 Å². The van der Waals surface area contributed by atoms with Crippen LogP contribution in [0.1, 0.15) is 39.5 Å². The molecule has 16 heavy (non-hydrogen) atoms. The maximum atomic E-state index is 10.6. The topological polar surface area (TPSA) is 37.3 Å².